The van der Waals surface area contributed by atoms with Gasteiger partial charge in [0, 0.05) is 16.7 Å². The number of halogens is 4. The summed E-state index contributed by atoms with van der Waals surface area (Å²) in [6, 6.07) is 9.79. The number of hydrogen-bond acceptors (Lipinski definition) is 4. The molecule has 2 aromatic rings. The van der Waals surface area contributed by atoms with E-state index in [9.17, 15) is 27.6 Å². The summed E-state index contributed by atoms with van der Waals surface area (Å²) < 4.78 is 44.8. The third kappa shape index (κ3) is 7.21. The minimum atomic E-state index is -4.72. The fourth-order valence-electron chi connectivity index (χ4n) is 2.62. The van der Waals surface area contributed by atoms with Gasteiger partial charge in [-0.05, 0) is 25.1 Å². The van der Waals surface area contributed by atoms with Crippen LogP contribution in [0, 0.1) is 5.41 Å². The number of carbonyl (C=O) groups excluding carboxylic acids is 3. The Balaban J connectivity index is 2.26. The highest BCUT2D eigenvalue weighted by Gasteiger charge is 2.34. The van der Waals surface area contributed by atoms with Crippen LogP contribution in [0.2, 0.25) is 5.02 Å². The molecule has 0 heterocycles. The van der Waals surface area contributed by atoms with Crippen molar-refractivity contribution in [3.05, 3.63) is 64.7 Å². The summed E-state index contributed by atoms with van der Waals surface area (Å²) in [6.07, 6.45) is -6.19. The van der Waals surface area contributed by atoms with E-state index in [-0.39, 0.29) is 5.69 Å². The van der Waals surface area contributed by atoms with Crippen LogP contribution in [0.4, 0.5) is 18.9 Å². The molecule has 0 spiro atoms. The van der Waals surface area contributed by atoms with Crippen molar-refractivity contribution in [2.24, 2.45) is 5.41 Å². The molecule has 10 heteroatoms. The molecule has 178 valence electrons. The Morgan fingerprint density at radius 2 is 1.61 bits per heavy atom. The van der Waals surface area contributed by atoms with Gasteiger partial charge in [0.1, 0.15) is 6.04 Å². The van der Waals surface area contributed by atoms with Crippen LogP contribution >= 0.6 is 11.6 Å². The van der Waals surface area contributed by atoms with Crippen molar-refractivity contribution >= 4 is 35.1 Å². The highest BCUT2D eigenvalue weighted by atomic mass is 35.5. The monoisotopic (exact) mass is 484 g/mol. The number of hydrogen-bond donors (Lipinski definition) is 2. The van der Waals surface area contributed by atoms with E-state index >= 15 is 0 Å². The minimum absolute atomic E-state index is 0.178. The maximum Gasteiger partial charge on any atom is 0.417 e. The van der Waals surface area contributed by atoms with Crippen molar-refractivity contribution in [1.29, 1.82) is 0 Å². The molecule has 2 N–H and O–H groups in total. The van der Waals surface area contributed by atoms with E-state index in [1.807, 2.05) is 0 Å². The van der Waals surface area contributed by atoms with Crippen molar-refractivity contribution in [3.63, 3.8) is 0 Å². The summed E-state index contributed by atoms with van der Waals surface area (Å²) in [7, 11) is 0. The molecule has 6 nitrogen and oxygen atoms in total. The molecular formula is C23H24ClF3N2O4. The van der Waals surface area contributed by atoms with Crippen LogP contribution in [0.25, 0.3) is 0 Å². The number of alkyl halides is 3. The highest BCUT2D eigenvalue weighted by Crippen LogP contribution is 2.36. The molecule has 0 aliphatic rings. The molecule has 0 fully saturated rings. The molecule has 0 aliphatic carbocycles. The molecule has 0 aliphatic heterocycles. The maximum atomic E-state index is 13.1. The number of amides is 2. The van der Waals surface area contributed by atoms with Gasteiger partial charge in [-0.3, -0.25) is 9.59 Å². The standard InChI is InChI=1S/C23H24ClF3N2O4/c1-13(28-21(32)22(2,3)4)20(31)33-18(14-8-6-5-7-9-14)19(30)29-15-10-11-17(24)16(12-15)23(25,26)27/h5-13,18H,1-4H3,(H,28,32)(H,29,30). The van der Waals surface area contributed by atoms with Gasteiger partial charge in [-0.25, -0.2) is 4.79 Å². The summed E-state index contributed by atoms with van der Waals surface area (Å²) in [5.74, 6) is -2.16. The molecule has 2 unspecified atom stereocenters. The van der Waals surface area contributed by atoms with Crippen LogP contribution in [0.5, 0.6) is 0 Å². The largest absolute Gasteiger partial charge is 0.446 e. The van der Waals surface area contributed by atoms with E-state index in [1.165, 1.54) is 25.1 Å². The maximum absolute atomic E-state index is 13.1. The van der Waals surface area contributed by atoms with Gasteiger partial charge in [-0.2, -0.15) is 13.2 Å². The van der Waals surface area contributed by atoms with E-state index in [1.54, 1.807) is 39.0 Å². The highest BCUT2D eigenvalue weighted by molar-refractivity contribution is 6.31. The molecule has 2 atom stereocenters. The molecule has 2 aromatic carbocycles. The number of carbonyl (C=O) groups is 3. The van der Waals surface area contributed by atoms with Crippen LogP contribution < -0.4 is 10.6 Å². The van der Waals surface area contributed by atoms with E-state index < -0.39 is 52.1 Å². The van der Waals surface area contributed by atoms with Crippen molar-refractivity contribution in [2.75, 3.05) is 5.32 Å². The first-order valence-corrected chi connectivity index (χ1v) is 10.3. The van der Waals surface area contributed by atoms with Gasteiger partial charge < -0.3 is 15.4 Å². The quantitative estimate of drug-likeness (QED) is 0.556. The minimum Gasteiger partial charge on any atom is -0.446 e. The number of esters is 1. The van der Waals surface area contributed by atoms with Crippen LogP contribution in [-0.2, 0) is 25.3 Å². The van der Waals surface area contributed by atoms with E-state index in [2.05, 4.69) is 10.6 Å². The van der Waals surface area contributed by atoms with Crippen LogP contribution in [0.1, 0.15) is 44.9 Å². The molecular weight excluding hydrogens is 461 g/mol. The first kappa shape index (κ1) is 26.2. The Morgan fingerprint density at radius 1 is 1.00 bits per heavy atom. The van der Waals surface area contributed by atoms with Gasteiger partial charge in [-0.15, -0.1) is 0 Å². The van der Waals surface area contributed by atoms with E-state index in [0.29, 0.717) is 11.6 Å². The van der Waals surface area contributed by atoms with Gasteiger partial charge in [0.15, 0.2) is 0 Å². The Kier molecular flexibility index (Phi) is 8.13. The van der Waals surface area contributed by atoms with Crippen molar-refractivity contribution in [1.82, 2.24) is 5.32 Å². The average molecular weight is 485 g/mol. The normalized spacial score (nSPS) is 13.6. The summed E-state index contributed by atoms with van der Waals surface area (Å²) in [5, 5.41) is 4.32. The lowest BCUT2D eigenvalue weighted by Gasteiger charge is -2.23. The molecule has 0 bridgehead atoms. The van der Waals surface area contributed by atoms with E-state index in [0.717, 1.165) is 6.07 Å². The zero-order valence-electron chi connectivity index (χ0n) is 18.4. The number of ether oxygens (including phenoxy) is 1. The Morgan fingerprint density at radius 3 is 2.15 bits per heavy atom. The zero-order valence-corrected chi connectivity index (χ0v) is 19.2. The lowest BCUT2D eigenvalue weighted by molar-refractivity contribution is -0.157. The molecule has 0 saturated heterocycles. The van der Waals surface area contributed by atoms with Crippen molar-refractivity contribution < 1.29 is 32.3 Å². The number of anilines is 1. The molecule has 0 aromatic heterocycles. The van der Waals surface area contributed by atoms with Crippen molar-refractivity contribution in [2.45, 2.75) is 46.0 Å². The first-order valence-electron chi connectivity index (χ1n) is 9.94. The predicted octanol–water partition coefficient (Wildman–Crippen LogP) is 5.13. The molecule has 33 heavy (non-hydrogen) atoms. The van der Waals surface area contributed by atoms with Crippen molar-refractivity contribution in [3.8, 4) is 0 Å². The summed E-state index contributed by atoms with van der Waals surface area (Å²) >= 11 is 5.62. The fraction of sp³-hybridized carbons (Fsp3) is 0.348. The Hall–Kier alpha value is -3.07. The summed E-state index contributed by atoms with van der Waals surface area (Å²) in [6.45, 7) is 6.41. The Bertz CT molecular complexity index is 1020. The second-order valence-corrected chi connectivity index (χ2v) is 8.76. The van der Waals surface area contributed by atoms with E-state index in [4.69, 9.17) is 16.3 Å². The second kappa shape index (κ2) is 10.2. The SMILES string of the molecule is CC(NC(=O)C(C)(C)C)C(=O)OC(C(=O)Nc1ccc(Cl)c(C(F)(F)F)c1)c1ccccc1. The molecule has 2 rings (SSSR count). The third-order valence-electron chi connectivity index (χ3n) is 4.50. The first-order chi connectivity index (χ1) is 15.2. The van der Waals surface area contributed by atoms with Gasteiger partial charge in [0.25, 0.3) is 5.91 Å². The number of nitrogens with one attached hydrogen (secondary N) is 2. The summed E-state index contributed by atoms with van der Waals surface area (Å²) in [4.78, 5) is 37.7. The molecule has 2 amide bonds. The lowest BCUT2D eigenvalue weighted by Crippen LogP contribution is -2.45. The molecule has 0 saturated carbocycles. The third-order valence-corrected chi connectivity index (χ3v) is 4.83. The van der Waals surface area contributed by atoms with Gasteiger partial charge in [-0.1, -0.05) is 62.7 Å². The van der Waals surface area contributed by atoms with Crippen LogP contribution in [0.15, 0.2) is 48.5 Å². The van der Waals surface area contributed by atoms with Gasteiger partial charge >= 0.3 is 12.1 Å². The zero-order chi connectivity index (χ0) is 25.0. The number of benzene rings is 2. The summed E-state index contributed by atoms with van der Waals surface area (Å²) in [5.41, 5.74) is -1.76. The molecule has 0 radical (unpaired) electrons. The Labute approximate surface area is 194 Å². The lowest BCUT2D eigenvalue weighted by atomic mass is 9.95. The topological polar surface area (TPSA) is 84.5 Å². The number of rotatable bonds is 6. The average Bonchev–Trinajstić information content (AvgIpc) is 2.72. The van der Waals surface area contributed by atoms with Gasteiger partial charge in [0.2, 0.25) is 12.0 Å². The van der Waals surface area contributed by atoms with Crippen LogP contribution in [-0.4, -0.2) is 23.8 Å². The fourth-order valence-corrected chi connectivity index (χ4v) is 2.84. The van der Waals surface area contributed by atoms with Gasteiger partial charge in [0.05, 0.1) is 10.6 Å². The predicted molar refractivity (Wildman–Crippen MR) is 117 cm³/mol. The van der Waals surface area contributed by atoms with Crippen LogP contribution in [0.3, 0.4) is 0 Å². The smallest absolute Gasteiger partial charge is 0.417 e. The second-order valence-electron chi connectivity index (χ2n) is 8.35.